The molecule has 0 unspecified atom stereocenters. The van der Waals surface area contributed by atoms with Gasteiger partial charge in [-0.05, 0) is 24.1 Å². The van der Waals surface area contributed by atoms with Crippen LogP contribution in [0.3, 0.4) is 0 Å². The van der Waals surface area contributed by atoms with Crippen LogP contribution in [0.5, 0.6) is 0 Å². The topological polar surface area (TPSA) is 12.0 Å². The van der Waals surface area contributed by atoms with E-state index in [4.69, 9.17) is 11.6 Å². The SMILES string of the molecule is CCc1cccc(NC/C=C/Cl)c1. The highest BCUT2D eigenvalue weighted by atomic mass is 35.5. The molecule has 70 valence electrons. The minimum atomic E-state index is 0.774. The van der Waals surface area contributed by atoms with Crippen LogP contribution in [0.4, 0.5) is 5.69 Å². The molecule has 1 nitrogen and oxygen atoms in total. The first-order valence-corrected chi connectivity index (χ1v) is 4.88. The molecule has 13 heavy (non-hydrogen) atoms. The van der Waals surface area contributed by atoms with E-state index in [1.165, 1.54) is 11.1 Å². The normalized spacial score (nSPS) is 10.6. The lowest BCUT2D eigenvalue weighted by Gasteiger charge is -2.04. The van der Waals surface area contributed by atoms with E-state index in [9.17, 15) is 0 Å². The average Bonchev–Trinajstić information content (AvgIpc) is 2.19. The van der Waals surface area contributed by atoms with Crippen LogP contribution in [0.15, 0.2) is 35.9 Å². The Bertz CT molecular complexity index is 281. The first kappa shape index (κ1) is 10.1. The van der Waals surface area contributed by atoms with Gasteiger partial charge in [0.25, 0.3) is 0 Å². The maximum Gasteiger partial charge on any atom is 0.0345 e. The van der Waals surface area contributed by atoms with Crippen molar-refractivity contribution in [3.8, 4) is 0 Å². The molecule has 0 fully saturated rings. The summed E-state index contributed by atoms with van der Waals surface area (Å²) >= 11 is 5.41. The maximum absolute atomic E-state index is 5.41. The maximum atomic E-state index is 5.41. The number of hydrogen-bond donors (Lipinski definition) is 1. The molecule has 0 aliphatic carbocycles. The second-order valence-electron chi connectivity index (χ2n) is 2.80. The summed E-state index contributed by atoms with van der Waals surface area (Å²) in [7, 11) is 0. The molecular formula is C11H14ClN. The average molecular weight is 196 g/mol. The van der Waals surface area contributed by atoms with Crippen molar-refractivity contribution < 1.29 is 0 Å². The molecule has 1 rings (SSSR count). The smallest absolute Gasteiger partial charge is 0.0345 e. The van der Waals surface area contributed by atoms with Gasteiger partial charge in [0.1, 0.15) is 0 Å². The quantitative estimate of drug-likeness (QED) is 0.777. The van der Waals surface area contributed by atoms with Crippen molar-refractivity contribution in [2.45, 2.75) is 13.3 Å². The Balaban J connectivity index is 2.56. The van der Waals surface area contributed by atoms with Gasteiger partial charge < -0.3 is 5.32 Å². The third kappa shape index (κ3) is 3.51. The summed E-state index contributed by atoms with van der Waals surface area (Å²) in [6.45, 7) is 2.93. The predicted octanol–water partition coefficient (Wildman–Crippen LogP) is 3.41. The van der Waals surface area contributed by atoms with Crippen LogP contribution in [-0.4, -0.2) is 6.54 Å². The number of halogens is 1. The fraction of sp³-hybridized carbons (Fsp3) is 0.273. The van der Waals surface area contributed by atoms with Crippen LogP contribution in [0.25, 0.3) is 0 Å². The molecule has 0 bridgehead atoms. The summed E-state index contributed by atoms with van der Waals surface area (Å²) in [5, 5.41) is 3.25. The van der Waals surface area contributed by atoms with E-state index in [-0.39, 0.29) is 0 Å². The third-order valence-corrected chi connectivity index (χ3v) is 2.03. The Kier molecular flexibility index (Phi) is 4.41. The molecule has 0 amide bonds. The molecule has 0 atom stereocenters. The summed E-state index contributed by atoms with van der Waals surface area (Å²) in [6.07, 6.45) is 2.95. The minimum Gasteiger partial charge on any atom is -0.382 e. The Morgan fingerprint density at radius 3 is 3.00 bits per heavy atom. The lowest BCUT2D eigenvalue weighted by molar-refractivity contribution is 1.14. The molecule has 0 saturated heterocycles. The molecule has 1 aromatic rings. The zero-order chi connectivity index (χ0) is 9.52. The standard InChI is InChI=1S/C11H14ClN/c1-2-10-5-3-6-11(9-10)13-8-4-7-12/h3-7,9,13H,2,8H2,1H3/b7-4+. The van der Waals surface area contributed by atoms with Crippen molar-refractivity contribution in [2.24, 2.45) is 0 Å². The lowest BCUT2D eigenvalue weighted by atomic mass is 10.1. The van der Waals surface area contributed by atoms with Crippen molar-refractivity contribution in [3.63, 3.8) is 0 Å². The van der Waals surface area contributed by atoms with Crippen molar-refractivity contribution >= 4 is 17.3 Å². The summed E-state index contributed by atoms with van der Waals surface area (Å²) in [5.41, 5.74) is 4.02. The van der Waals surface area contributed by atoms with Gasteiger partial charge in [-0.1, -0.05) is 36.7 Å². The fourth-order valence-electron chi connectivity index (χ4n) is 1.12. The van der Waals surface area contributed by atoms with Gasteiger partial charge in [-0.15, -0.1) is 0 Å². The van der Waals surface area contributed by atoms with Gasteiger partial charge in [-0.2, -0.15) is 0 Å². The first-order valence-electron chi connectivity index (χ1n) is 4.45. The molecule has 1 aromatic carbocycles. The largest absolute Gasteiger partial charge is 0.382 e. The van der Waals surface area contributed by atoms with E-state index in [1.54, 1.807) is 0 Å². The van der Waals surface area contributed by atoms with Gasteiger partial charge in [-0.3, -0.25) is 0 Å². The molecule has 0 aliphatic rings. The zero-order valence-electron chi connectivity index (χ0n) is 7.76. The Morgan fingerprint density at radius 2 is 2.31 bits per heavy atom. The van der Waals surface area contributed by atoms with Crippen LogP contribution in [0.2, 0.25) is 0 Å². The highest BCUT2D eigenvalue weighted by Crippen LogP contribution is 2.10. The first-order chi connectivity index (χ1) is 6.36. The second-order valence-corrected chi connectivity index (χ2v) is 3.05. The third-order valence-electron chi connectivity index (χ3n) is 1.85. The lowest BCUT2D eigenvalue weighted by Crippen LogP contribution is -1.97. The van der Waals surface area contributed by atoms with E-state index < -0.39 is 0 Å². The van der Waals surface area contributed by atoms with Crippen molar-refractivity contribution in [1.29, 1.82) is 0 Å². The van der Waals surface area contributed by atoms with E-state index in [1.807, 2.05) is 6.08 Å². The van der Waals surface area contributed by atoms with Gasteiger partial charge in [-0.25, -0.2) is 0 Å². The van der Waals surface area contributed by atoms with Crippen LogP contribution in [-0.2, 0) is 6.42 Å². The molecular weight excluding hydrogens is 182 g/mol. The number of rotatable bonds is 4. The van der Waals surface area contributed by atoms with Crippen LogP contribution in [0, 0.1) is 0 Å². The monoisotopic (exact) mass is 195 g/mol. The Hall–Kier alpha value is -0.950. The zero-order valence-corrected chi connectivity index (χ0v) is 8.51. The van der Waals surface area contributed by atoms with Crippen molar-refractivity contribution in [3.05, 3.63) is 41.4 Å². The van der Waals surface area contributed by atoms with Crippen LogP contribution in [0.1, 0.15) is 12.5 Å². The fourth-order valence-corrected chi connectivity index (χ4v) is 1.21. The van der Waals surface area contributed by atoms with Gasteiger partial charge in [0.2, 0.25) is 0 Å². The van der Waals surface area contributed by atoms with Gasteiger partial charge >= 0.3 is 0 Å². The number of hydrogen-bond acceptors (Lipinski definition) is 1. The Labute approximate surface area is 84.4 Å². The van der Waals surface area contributed by atoms with Gasteiger partial charge in [0.15, 0.2) is 0 Å². The summed E-state index contributed by atoms with van der Waals surface area (Å²) in [6, 6.07) is 8.40. The van der Waals surface area contributed by atoms with Crippen LogP contribution < -0.4 is 5.32 Å². The summed E-state index contributed by atoms with van der Waals surface area (Å²) in [5.74, 6) is 0. The predicted molar refractivity (Wildman–Crippen MR) is 59.3 cm³/mol. The molecule has 0 saturated carbocycles. The number of aryl methyl sites for hydroxylation is 1. The van der Waals surface area contributed by atoms with E-state index in [0.29, 0.717) is 0 Å². The molecule has 0 radical (unpaired) electrons. The number of anilines is 1. The van der Waals surface area contributed by atoms with Crippen molar-refractivity contribution in [1.82, 2.24) is 0 Å². The Morgan fingerprint density at radius 1 is 1.46 bits per heavy atom. The van der Waals surface area contributed by atoms with Gasteiger partial charge in [0, 0.05) is 17.8 Å². The van der Waals surface area contributed by atoms with Crippen molar-refractivity contribution in [2.75, 3.05) is 11.9 Å². The van der Waals surface area contributed by atoms with E-state index >= 15 is 0 Å². The minimum absolute atomic E-state index is 0.774. The highest BCUT2D eigenvalue weighted by molar-refractivity contribution is 6.25. The molecule has 0 heterocycles. The highest BCUT2D eigenvalue weighted by Gasteiger charge is 1.91. The summed E-state index contributed by atoms with van der Waals surface area (Å²) < 4.78 is 0. The second kappa shape index (κ2) is 5.65. The number of nitrogens with one attached hydrogen (secondary N) is 1. The summed E-state index contributed by atoms with van der Waals surface area (Å²) in [4.78, 5) is 0. The molecule has 0 aromatic heterocycles. The number of benzene rings is 1. The molecule has 0 aliphatic heterocycles. The van der Waals surface area contributed by atoms with Gasteiger partial charge in [0.05, 0.1) is 0 Å². The van der Waals surface area contributed by atoms with E-state index in [2.05, 4.69) is 36.5 Å². The molecule has 0 spiro atoms. The van der Waals surface area contributed by atoms with Crippen LogP contribution >= 0.6 is 11.6 Å². The van der Waals surface area contributed by atoms with E-state index in [0.717, 1.165) is 18.7 Å². The molecule has 2 heteroatoms. The molecule has 1 N–H and O–H groups in total.